The lowest BCUT2D eigenvalue weighted by molar-refractivity contribution is 0.122. The van der Waals surface area contributed by atoms with Gasteiger partial charge in [-0.15, -0.1) is 12.4 Å². The molecular formula is C14H20ClN3O. The monoisotopic (exact) mass is 281 g/mol. The van der Waals surface area contributed by atoms with Crippen LogP contribution < -0.4 is 10.2 Å². The van der Waals surface area contributed by atoms with Crippen LogP contribution in [-0.2, 0) is 4.74 Å². The third-order valence-corrected chi connectivity index (χ3v) is 3.46. The fourth-order valence-corrected chi connectivity index (χ4v) is 2.43. The fraction of sp³-hybridized carbons (Fsp3) is 0.500. The molecule has 2 aliphatic rings. The van der Waals surface area contributed by atoms with Crippen LogP contribution in [0.2, 0.25) is 0 Å². The van der Waals surface area contributed by atoms with Crippen LogP contribution in [0.15, 0.2) is 24.3 Å². The lowest BCUT2D eigenvalue weighted by atomic mass is 10.1. The zero-order chi connectivity index (χ0) is 12.2. The molecule has 1 aromatic heterocycles. The molecule has 5 heteroatoms. The number of pyridine rings is 1. The first-order valence-corrected chi connectivity index (χ1v) is 6.63. The molecule has 0 aliphatic carbocycles. The number of ether oxygens (including phenoxy) is 1. The summed E-state index contributed by atoms with van der Waals surface area (Å²) in [5.41, 5.74) is 2.49. The first-order chi connectivity index (χ1) is 8.93. The Morgan fingerprint density at radius 2 is 2.05 bits per heavy atom. The van der Waals surface area contributed by atoms with Gasteiger partial charge in [0.2, 0.25) is 0 Å². The summed E-state index contributed by atoms with van der Waals surface area (Å²) in [6.45, 7) is 5.50. The molecule has 0 saturated carbocycles. The molecule has 1 fully saturated rings. The average Bonchev–Trinajstić information content (AvgIpc) is 2.49. The molecule has 3 heterocycles. The molecule has 1 N–H and O–H groups in total. The van der Waals surface area contributed by atoms with Gasteiger partial charge in [-0.25, -0.2) is 4.98 Å². The van der Waals surface area contributed by atoms with Crippen molar-refractivity contribution in [3.63, 3.8) is 0 Å². The van der Waals surface area contributed by atoms with E-state index < -0.39 is 0 Å². The summed E-state index contributed by atoms with van der Waals surface area (Å²) in [5, 5.41) is 3.33. The van der Waals surface area contributed by atoms with Crippen LogP contribution >= 0.6 is 12.4 Å². The van der Waals surface area contributed by atoms with E-state index in [2.05, 4.69) is 34.5 Å². The number of morpholine rings is 1. The minimum absolute atomic E-state index is 0. The second-order valence-electron chi connectivity index (χ2n) is 4.66. The average molecular weight is 282 g/mol. The molecular weight excluding hydrogens is 262 g/mol. The SMILES string of the molecule is C1=C(c2cccc(N3CCOCC3)n2)CCNC1.Cl. The Morgan fingerprint density at radius 3 is 2.79 bits per heavy atom. The highest BCUT2D eigenvalue weighted by atomic mass is 35.5. The third-order valence-electron chi connectivity index (χ3n) is 3.46. The van der Waals surface area contributed by atoms with E-state index in [1.165, 1.54) is 5.57 Å². The zero-order valence-electron chi connectivity index (χ0n) is 11.0. The summed E-state index contributed by atoms with van der Waals surface area (Å²) in [6.07, 6.45) is 3.31. The van der Waals surface area contributed by atoms with Gasteiger partial charge in [0.05, 0.1) is 18.9 Å². The van der Waals surface area contributed by atoms with Crippen LogP contribution in [0, 0.1) is 0 Å². The van der Waals surface area contributed by atoms with Crippen molar-refractivity contribution in [2.45, 2.75) is 6.42 Å². The lowest BCUT2D eigenvalue weighted by Gasteiger charge is -2.28. The van der Waals surface area contributed by atoms with Crippen molar-refractivity contribution in [1.29, 1.82) is 0 Å². The quantitative estimate of drug-likeness (QED) is 0.896. The smallest absolute Gasteiger partial charge is 0.129 e. The number of nitrogens with one attached hydrogen (secondary N) is 1. The van der Waals surface area contributed by atoms with E-state index in [0.29, 0.717) is 0 Å². The minimum Gasteiger partial charge on any atom is -0.378 e. The number of aromatic nitrogens is 1. The van der Waals surface area contributed by atoms with E-state index in [1.54, 1.807) is 0 Å². The van der Waals surface area contributed by atoms with Crippen LogP contribution in [0.25, 0.3) is 5.57 Å². The zero-order valence-corrected chi connectivity index (χ0v) is 11.8. The van der Waals surface area contributed by atoms with Gasteiger partial charge in [-0.1, -0.05) is 12.1 Å². The van der Waals surface area contributed by atoms with E-state index in [4.69, 9.17) is 9.72 Å². The summed E-state index contributed by atoms with van der Waals surface area (Å²) >= 11 is 0. The molecule has 0 atom stereocenters. The van der Waals surface area contributed by atoms with Crippen molar-refractivity contribution in [3.8, 4) is 0 Å². The first-order valence-electron chi connectivity index (χ1n) is 6.63. The summed E-state index contributed by atoms with van der Waals surface area (Å²) in [5.74, 6) is 1.08. The summed E-state index contributed by atoms with van der Waals surface area (Å²) < 4.78 is 5.38. The Labute approximate surface area is 120 Å². The predicted molar refractivity (Wildman–Crippen MR) is 80.0 cm³/mol. The molecule has 1 saturated heterocycles. The number of anilines is 1. The van der Waals surface area contributed by atoms with Crippen molar-refractivity contribution in [2.75, 3.05) is 44.3 Å². The summed E-state index contributed by atoms with van der Waals surface area (Å²) in [6, 6.07) is 6.31. The van der Waals surface area contributed by atoms with E-state index in [-0.39, 0.29) is 12.4 Å². The van der Waals surface area contributed by atoms with Crippen LogP contribution in [0.3, 0.4) is 0 Å². The van der Waals surface area contributed by atoms with Crippen molar-refractivity contribution >= 4 is 23.8 Å². The number of rotatable bonds is 2. The van der Waals surface area contributed by atoms with Crippen molar-refractivity contribution in [3.05, 3.63) is 30.0 Å². The van der Waals surface area contributed by atoms with E-state index in [9.17, 15) is 0 Å². The van der Waals surface area contributed by atoms with Gasteiger partial charge < -0.3 is 15.0 Å². The Bertz CT molecular complexity index is 444. The highest BCUT2D eigenvalue weighted by Gasteiger charge is 2.14. The number of hydrogen-bond acceptors (Lipinski definition) is 4. The maximum atomic E-state index is 5.38. The van der Waals surface area contributed by atoms with Crippen LogP contribution in [-0.4, -0.2) is 44.4 Å². The summed E-state index contributed by atoms with van der Waals surface area (Å²) in [4.78, 5) is 7.09. The van der Waals surface area contributed by atoms with Gasteiger partial charge in [-0.2, -0.15) is 0 Å². The molecule has 0 unspecified atom stereocenters. The first kappa shape index (κ1) is 14.3. The molecule has 0 radical (unpaired) electrons. The topological polar surface area (TPSA) is 37.4 Å². The molecule has 0 bridgehead atoms. The number of nitrogens with zero attached hydrogens (tertiary/aromatic N) is 2. The van der Waals surface area contributed by atoms with E-state index >= 15 is 0 Å². The Hall–Kier alpha value is -1.10. The number of halogens is 1. The predicted octanol–water partition coefficient (Wildman–Crippen LogP) is 1.72. The standard InChI is InChI=1S/C14H19N3O.ClH/c1-2-13(12-4-6-15-7-5-12)16-14(3-1)17-8-10-18-11-9-17;/h1-4,15H,5-11H2;1H. The van der Waals surface area contributed by atoms with Crippen LogP contribution in [0.1, 0.15) is 12.1 Å². The van der Waals surface area contributed by atoms with Gasteiger partial charge in [-0.3, -0.25) is 0 Å². The Kier molecular flexibility index (Phi) is 5.19. The maximum Gasteiger partial charge on any atom is 0.129 e. The Morgan fingerprint density at radius 1 is 1.21 bits per heavy atom. The van der Waals surface area contributed by atoms with Crippen LogP contribution in [0.5, 0.6) is 0 Å². The van der Waals surface area contributed by atoms with E-state index in [0.717, 1.165) is 57.3 Å². The largest absolute Gasteiger partial charge is 0.378 e. The Balaban J connectivity index is 0.00000133. The van der Waals surface area contributed by atoms with E-state index in [1.807, 2.05) is 0 Å². The molecule has 0 spiro atoms. The third kappa shape index (κ3) is 3.47. The van der Waals surface area contributed by atoms with Gasteiger partial charge in [0, 0.05) is 19.6 Å². The second-order valence-corrected chi connectivity index (χ2v) is 4.66. The van der Waals surface area contributed by atoms with Gasteiger partial charge in [-0.05, 0) is 30.7 Å². The summed E-state index contributed by atoms with van der Waals surface area (Å²) in [7, 11) is 0. The molecule has 104 valence electrons. The fourth-order valence-electron chi connectivity index (χ4n) is 2.43. The highest BCUT2D eigenvalue weighted by molar-refractivity contribution is 5.85. The minimum atomic E-state index is 0. The second kappa shape index (κ2) is 6.89. The number of hydrogen-bond donors (Lipinski definition) is 1. The molecule has 4 nitrogen and oxygen atoms in total. The highest BCUT2D eigenvalue weighted by Crippen LogP contribution is 2.21. The molecule has 1 aromatic rings. The van der Waals surface area contributed by atoms with Gasteiger partial charge in [0.25, 0.3) is 0 Å². The molecule has 0 aromatic carbocycles. The van der Waals surface area contributed by atoms with Crippen molar-refractivity contribution in [2.24, 2.45) is 0 Å². The van der Waals surface area contributed by atoms with Crippen molar-refractivity contribution < 1.29 is 4.74 Å². The van der Waals surface area contributed by atoms with Gasteiger partial charge in [0.15, 0.2) is 0 Å². The normalized spacial score (nSPS) is 19.6. The van der Waals surface area contributed by atoms with Crippen LogP contribution in [0.4, 0.5) is 5.82 Å². The van der Waals surface area contributed by atoms with Gasteiger partial charge in [0.1, 0.15) is 5.82 Å². The molecule has 2 aliphatic heterocycles. The van der Waals surface area contributed by atoms with Gasteiger partial charge >= 0.3 is 0 Å². The molecule has 19 heavy (non-hydrogen) atoms. The van der Waals surface area contributed by atoms with Crippen molar-refractivity contribution in [1.82, 2.24) is 10.3 Å². The molecule has 0 amide bonds. The molecule has 3 rings (SSSR count). The lowest BCUT2D eigenvalue weighted by Crippen LogP contribution is -2.36. The maximum absolute atomic E-state index is 5.38.